The van der Waals surface area contributed by atoms with Gasteiger partial charge in [-0.2, -0.15) is 0 Å². The van der Waals surface area contributed by atoms with E-state index in [1.54, 1.807) is 13.8 Å². The molecule has 1 heterocycles. The molecule has 0 aliphatic rings. The molecule has 1 atom stereocenters. The molecular formula is C18H21ClN2O3. The van der Waals surface area contributed by atoms with Crippen molar-refractivity contribution in [2.45, 2.75) is 33.2 Å². The van der Waals surface area contributed by atoms with Gasteiger partial charge in [-0.15, -0.1) is 0 Å². The Morgan fingerprint density at radius 2 is 1.88 bits per heavy atom. The van der Waals surface area contributed by atoms with Gasteiger partial charge in [0.2, 0.25) is 0 Å². The summed E-state index contributed by atoms with van der Waals surface area (Å²) >= 11 is 6.14. The minimum Gasteiger partial charge on any atom is -0.396 e. The van der Waals surface area contributed by atoms with Crippen LogP contribution >= 0.6 is 11.6 Å². The molecule has 0 radical (unpaired) electrons. The van der Waals surface area contributed by atoms with Crippen LogP contribution in [0.25, 0.3) is 0 Å². The van der Waals surface area contributed by atoms with Crippen LogP contribution in [0.3, 0.4) is 0 Å². The van der Waals surface area contributed by atoms with Gasteiger partial charge < -0.3 is 15.4 Å². The van der Waals surface area contributed by atoms with Gasteiger partial charge in [0, 0.05) is 12.3 Å². The summed E-state index contributed by atoms with van der Waals surface area (Å²) in [6, 6.07) is 7.28. The number of aryl methyl sites for hydroxylation is 2. The van der Waals surface area contributed by atoms with Gasteiger partial charge >= 0.3 is 0 Å². The normalized spacial score (nSPS) is 12.0. The smallest absolute Gasteiger partial charge is 0.261 e. The summed E-state index contributed by atoms with van der Waals surface area (Å²) in [6.45, 7) is 5.22. The Labute approximate surface area is 145 Å². The van der Waals surface area contributed by atoms with Crippen molar-refractivity contribution in [1.82, 2.24) is 10.3 Å². The predicted octanol–water partition coefficient (Wildman–Crippen LogP) is 2.81. The first-order valence-electron chi connectivity index (χ1n) is 7.72. The number of hydrogen-bond donors (Lipinski definition) is 3. The minimum absolute atomic E-state index is 0.000603. The first kappa shape index (κ1) is 18.2. The molecule has 128 valence electrons. The Morgan fingerprint density at radius 3 is 2.46 bits per heavy atom. The van der Waals surface area contributed by atoms with Crippen LogP contribution in [-0.2, 0) is 0 Å². The van der Waals surface area contributed by atoms with Gasteiger partial charge in [0.05, 0.1) is 11.1 Å². The van der Waals surface area contributed by atoms with Crippen LogP contribution in [0.4, 0.5) is 0 Å². The second kappa shape index (κ2) is 7.64. The summed E-state index contributed by atoms with van der Waals surface area (Å²) in [4.78, 5) is 27.3. The molecule has 1 aromatic carbocycles. The second-order valence-electron chi connectivity index (χ2n) is 5.84. The molecule has 0 aliphatic heterocycles. The van der Waals surface area contributed by atoms with Crippen molar-refractivity contribution in [1.29, 1.82) is 0 Å². The van der Waals surface area contributed by atoms with E-state index in [1.807, 2.05) is 31.2 Å². The highest BCUT2D eigenvalue weighted by molar-refractivity contribution is 6.32. The van der Waals surface area contributed by atoms with Crippen molar-refractivity contribution >= 4 is 17.5 Å². The van der Waals surface area contributed by atoms with Gasteiger partial charge in [-0.1, -0.05) is 41.4 Å². The third-order valence-corrected chi connectivity index (χ3v) is 4.56. The first-order chi connectivity index (χ1) is 11.3. The summed E-state index contributed by atoms with van der Waals surface area (Å²) < 4.78 is 0. The molecule has 0 saturated heterocycles. The van der Waals surface area contributed by atoms with Gasteiger partial charge in [0.1, 0.15) is 5.56 Å². The molecule has 5 nitrogen and oxygen atoms in total. The van der Waals surface area contributed by atoms with Crippen LogP contribution in [0.5, 0.6) is 0 Å². The standard InChI is InChI=1S/C18H21ClN2O3/c1-10-4-6-13(7-5-10)14(8-9-22)21-18(24)15-11(2)16(19)12(3)20-17(15)23/h4-7,14,22H,8-9H2,1-3H3,(H,20,23)(H,21,24)/t14-/m1/s1. The van der Waals surface area contributed by atoms with Crippen molar-refractivity contribution in [3.05, 3.63) is 67.6 Å². The summed E-state index contributed by atoms with van der Waals surface area (Å²) in [5.41, 5.74) is 2.48. The van der Waals surface area contributed by atoms with Crippen molar-refractivity contribution < 1.29 is 9.90 Å². The molecule has 0 bridgehead atoms. The van der Waals surface area contributed by atoms with E-state index in [9.17, 15) is 14.7 Å². The zero-order chi connectivity index (χ0) is 17.9. The Kier molecular flexibility index (Phi) is 5.80. The minimum atomic E-state index is -0.505. The molecule has 0 fully saturated rings. The third kappa shape index (κ3) is 3.86. The van der Waals surface area contributed by atoms with Gasteiger partial charge in [0.15, 0.2) is 0 Å². The van der Waals surface area contributed by atoms with E-state index >= 15 is 0 Å². The molecular weight excluding hydrogens is 328 g/mol. The van der Waals surface area contributed by atoms with Crippen molar-refractivity contribution in [2.24, 2.45) is 0 Å². The van der Waals surface area contributed by atoms with Gasteiger partial charge in [-0.25, -0.2) is 0 Å². The second-order valence-corrected chi connectivity index (χ2v) is 6.22. The maximum absolute atomic E-state index is 12.6. The molecule has 0 unspecified atom stereocenters. The van der Waals surface area contributed by atoms with Gasteiger partial charge in [0.25, 0.3) is 11.5 Å². The van der Waals surface area contributed by atoms with Crippen LogP contribution < -0.4 is 10.9 Å². The first-order valence-corrected chi connectivity index (χ1v) is 8.10. The fraction of sp³-hybridized carbons (Fsp3) is 0.333. The van der Waals surface area contributed by atoms with Crippen LogP contribution in [0.15, 0.2) is 29.1 Å². The topological polar surface area (TPSA) is 82.2 Å². The van der Waals surface area contributed by atoms with Gasteiger partial charge in [-0.3, -0.25) is 9.59 Å². The lowest BCUT2D eigenvalue weighted by atomic mass is 10.0. The molecule has 0 spiro atoms. The average molecular weight is 349 g/mol. The maximum Gasteiger partial charge on any atom is 0.261 e. The molecule has 0 saturated carbocycles. The lowest BCUT2D eigenvalue weighted by molar-refractivity contribution is 0.0928. The van der Waals surface area contributed by atoms with Crippen molar-refractivity contribution in [3.63, 3.8) is 0 Å². The Balaban J connectivity index is 2.34. The fourth-order valence-corrected chi connectivity index (χ4v) is 2.74. The van der Waals surface area contributed by atoms with Gasteiger partial charge in [-0.05, 0) is 38.3 Å². The summed E-state index contributed by atoms with van der Waals surface area (Å²) in [5, 5.41) is 12.5. The SMILES string of the molecule is Cc1ccc([C@@H](CCO)NC(=O)c2c(C)c(Cl)c(C)[nH]c2=O)cc1. The van der Waals surface area contributed by atoms with Crippen LogP contribution in [0, 0.1) is 20.8 Å². The number of pyridine rings is 1. The average Bonchev–Trinajstić information content (AvgIpc) is 2.53. The van der Waals surface area contributed by atoms with E-state index in [0.717, 1.165) is 11.1 Å². The van der Waals surface area contributed by atoms with E-state index in [1.165, 1.54) is 0 Å². The molecule has 2 aromatic rings. The number of aromatic nitrogens is 1. The Bertz CT molecular complexity index is 797. The van der Waals surface area contributed by atoms with E-state index in [4.69, 9.17) is 11.6 Å². The summed E-state index contributed by atoms with van der Waals surface area (Å²) in [5.74, 6) is -0.505. The lowest BCUT2D eigenvalue weighted by Crippen LogP contribution is -2.34. The fourth-order valence-electron chi connectivity index (χ4n) is 2.60. The molecule has 6 heteroatoms. The molecule has 24 heavy (non-hydrogen) atoms. The monoisotopic (exact) mass is 348 g/mol. The number of carbonyl (C=O) groups is 1. The largest absolute Gasteiger partial charge is 0.396 e. The molecule has 0 aliphatic carbocycles. The highest BCUT2D eigenvalue weighted by atomic mass is 35.5. The Hall–Kier alpha value is -2.11. The van der Waals surface area contributed by atoms with E-state index in [-0.39, 0.29) is 18.2 Å². The van der Waals surface area contributed by atoms with Crippen LogP contribution in [-0.4, -0.2) is 22.6 Å². The van der Waals surface area contributed by atoms with Crippen molar-refractivity contribution in [2.75, 3.05) is 6.61 Å². The van der Waals surface area contributed by atoms with Crippen molar-refractivity contribution in [3.8, 4) is 0 Å². The molecule has 1 aromatic heterocycles. The quantitative estimate of drug-likeness (QED) is 0.777. The number of aliphatic hydroxyl groups is 1. The molecule has 2 rings (SSSR count). The number of rotatable bonds is 5. The zero-order valence-corrected chi connectivity index (χ0v) is 14.7. The zero-order valence-electron chi connectivity index (χ0n) is 13.9. The highest BCUT2D eigenvalue weighted by Gasteiger charge is 2.21. The predicted molar refractivity (Wildman–Crippen MR) is 94.6 cm³/mol. The maximum atomic E-state index is 12.6. The number of hydrogen-bond acceptors (Lipinski definition) is 3. The Morgan fingerprint density at radius 1 is 1.25 bits per heavy atom. The van der Waals surface area contributed by atoms with Crippen LogP contribution in [0.2, 0.25) is 5.02 Å². The molecule has 1 amide bonds. The lowest BCUT2D eigenvalue weighted by Gasteiger charge is -2.19. The molecule has 3 N–H and O–H groups in total. The third-order valence-electron chi connectivity index (χ3n) is 3.99. The van der Waals surface area contributed by atoms with Crippen LogP contribution in [0.1, 0.15) is 45.2 Å². The number of aromatic amines is 1. The number of amides is 1. The van der Waals surface area contributed by atoms with E-state index < -0.39 is 11.5 Å². The summed E-state index contributed by atoms with van der Waals surface area (Å²) in [6.07, 6.45) is 0.353. The number of carbonyl (C=O) groups excluding carboxylic acids is 1. The van der Waals surface area contributed by atoms with E-state index in [0.29, 0.717) is 22.7 Å². The summed E-state index contributed by atoms with van der Waals surface area (Å²) in [7, 11) is 0. The highest BCUT2D eigenvalue weighted by Crippen LogP contribution is 2.21. The number of benzene rings is 1. The van der Waals surface area contributed by atoms with E-state index in [2.05, 4.69) is 10.3 Å². The number of H-pyrrole nitrogens is 1. The number of halogens is 1. The number of nitrogens with one attached hydrogen (secondary N) is 2. The number of aliphatic hydroxyl groups excluding tert-OH is 1.